The molecule has 8 heteroatoms. The number of rotatable bonds is 34. The third-order valence-electron chi connectivity index (χ3n) is 12.2. The molecule has 8 nitrogen and oxygen atoms in total. The van der Waals surface area contributed by atoms with E-state index in [4.69, 9.17) is 18.9 Å². The first-order valence-electron chi connectivity index (χ1n) is 25.0. The number of hydrogen-bond acceptors (Lipinski definition) is 8. The number of benzene rings is 2. The molecule has 0 N–H and O–H groups in total. The maximum atomic E-state index is 6.38. The molecule has 4 aromatic rings. The predicted octanol–water partition coefficient (Wildman–Crippen LogP) is 14.3. The van der Waals surface area contributed by atoms with E-state index in [-0.39, 0.29) is 12.2 Å². The summed E-state index contributed by atoms with van der Waals surface area (Å²) in [5.41, 5.74) is 4.50. The van der Waals surface area contributed by atoms with Gasteiger partial charge in [-0.1, -0.05) is 104 Å². The van der Waals surface area contributed by atoms with Gasteiger partial charge in [-0.3, -0.25) is 0 Å². The molecule has 1 aliphatic carbocycles. The highest BCUT2D eigenvalue weighted by Gasteiger charge is 2.26. The molecule has 0 radical (unpaired) electrons. The second-order valence-corrected chi connectivity index (χ2v) is 17.5. The lowest BCUT2D eigenvalue weighted by Gasteiger charge is -2.31. The largest absolute Gasteiger partial charge is 0.494 e. The molecule has 2 heterocycles. The van der Waals surface area contributed by atoms with Crippen LogP contribution >= 0.6 is 0 Å². The lowest BCUT2D eigenvalue weighted by atomic mass is 9.94. The molecule has 340 valence electrons. The maximum absolute atomic E-state index is 6.38. The molecule has 0 saturated heterocycles. The summed E-state index contributed by atoms with van der Waals surface area (Å²) in [4.78, 5) is 18.5. The third kappa shape index (κ3) is 19.7. The Bertz CT molecular complexity index is 1560. The number of aryl methyl sites for hydroxylation is 2. The maximum Gasteiger partial charge on any atom is 0.159 e. The Morgan fingerprint density at radius 3 is 1.13 bits per heavy atom. The molecule has 5 rings (SSSR count). The molecule has 2 unspecified atom stereocenters. The van der Waals surface area contributed by atoms with E-state index in [0.717, 1.165) is 138 Å². The van der Waals surface area contributed by atoms with Crippen molar-refractivity contribution in [2.24, 2.45) is 0 Å². The number of hydrogen-bond donors (Lipinski definition) is 0. The molecule has 0 spiro atoms. The summed E-state index contributed by atoms with van der Waals surface area (Å²) in [6, 6.07) is 16.4. The summed E-state index contributed by atoms with van der Waals surface area (Å²) < 4.78 is 24.8. The van der Waals surface area contributed by atoms with Crippen LogP contribution in [0.4, 0.5) is 0 Å². The second-order valence-electron chi connectivity index (χ2n) is 17.5. The first-order valence-corrected chi connectivity index (χ1v) is 25.0. The fourth-order valence-electron chi connectivity index (χ4n) is 8.29. The van der Waals surface area contributed by atoms with Gasteiger partial charge in [0.1, 0.15) is 11.5 Å². The monoisotopic (exact) mass is 849 g/mol. The van der Waals surface area contributed by atoms with E-state index in [1.807, 2.05) is 49.1 Å². The smallest absolute Gasteiger partial charge is 0.159 e. The van der Waals surface area contributed by atoms with Crippen molar-refractivity contribution in [2.45, 2.75) is 193 Å². The van der Waals surface area contributed by atoms with E-state index in [0.29, 0.717) is 0 Å². The number of unbranched alkanes of at least 4 members (excludes halogenated alkanes) is 16. The van der Waals surface area contributed by atoms with Crippen molar-refractivity contribution in [1.82, 2.24) is 19.9 Å². The van der Waals surface area contributed by atoms with Crippen LogP contribution in [0.15, 0.2) is 73.3 Å². The Labute approximate surface area is 375 Å². The van der Waals surface area contributed by atoms with Gasteiger partial charge >= 0.3 is 0 Å². The van der Waals surface area contributed by atoms with E-state index in [9.17, 15) is 0 Å². The minimum Gasteiger partial charge on any atom is -0.494 e. The van der Waals surface area contributed by atoms with E-state index in [1.165, 1.54) is 101 Å². The number of aromatic nitrogens is 4. The van der Waals surface area contributed by atoms with Crippen molar-refractivity contribution in [3.63, 3.8) is 0 Å². The SMILES string of the molecule is CCCCCCCCc1cnc(-c2ccc(OCCCCCCOC3CCCCC3OCCCCCCOc3ccc(-c4ncc(CCCCCCCC)cn4)cc3)cc2)nc1. The van der Waals surface area contributed by atoms with Gasteiger partial charge in [0.05, 0.1) is 25.4 Å². The molecule has 2 atom stereocenters. The quantitative estimate of drug-likeness (QED) is 0.0430. The molecule has 0 aliphatic heterocycles. The molecule has 0 amide bonds. The van der Waals surface area contributed by atoms with Gasteiger partial charge in [-0.2, -0.15) is 0 Å². The molecular formula is C54H80N4O4. The Morgan fingerprint density at radius 2 is 0.742 bits per heavy atom. The highest BCUT2D eigenvalue weighted by molar-refractivity contribution is 5.56. The Kier molecular flexibility index (Phi) is 24.6. The standard InChI is InChI=1S/C54H80N4O4/c1-3-5-7-9-11-17-25-45-41-55-53(56-42-45)47-29-33-49(34-30-47)59-37-21-13-15-23-39-61-51-27-19-20-28-52(51)62-40-24-16-14-22-38-60-50-35-31-48(32-36-50)54-57-43-46(44-58-54)26-18-12-10-8-6-4-2/h29-36,41-44,51-52H,3-28,37-40H2,1-2H3. The van der Waals surface area contributed by atoms with E-state index < -0.39 is 0 Å². The van der Waals surface area contributed by atoms with Crippen LogP contribution in [0.25, 0.3) is 22.8 Å². The van der Waals surface area contributed by atoms with Crippen LogP contribution in [0.2, 0.25) is 0 Å². The summed E-state index contributed by atoms with van der Waals surface area (Å²) >= 11 is 0. The van der Waals surface area contributed by atoms with Crippen molar-refractivity contribution in [1.29, 1.82) is 0 Å². The molecule has 0 bridgehead atoms. The molecule has 62 heavy (non-hydrogen) atoms. The summed E-state index contributed by atoms with van der Waals surface area (Å²) in [5.74, 6) is 3.35. The summed E-state index contributed by atoms with van der Waals surface area (Å²) in [5, 5.41) is 0. The summed E-state index contributed by atoms with van der Waals surface area (Å²) in [7, 11) is 0. The van der Waals surface area contributed by atoms with Gasteiger partial charge in [-0.15, -0.1) is 0 Å². The van der Waals surface area contributed by atoms with Crippen molar-refractivity contribution in [2.75, 3.05) is 26.4 Å². The van der Waals surface area contributed by atoms with Gasteiger partial charge in [0, 0.05) is 49.1 Å². The van der Waals surface area contributed by atoms with Crippen LogP contribution in [0, 0.1) is 0 Å². The van der Waals surface area contributed by atoms with Crippen molar-refractivity contribution in [3.8, 4) is 34.3 Å². The molecule has 1 fully saturated rings. The first kappa shape index (κ1) is 49.1. The zero-order valence-electron chi connectivity index (χ0n) is 38.7. The van der Waals surface area contributed by atoms with E-state index in [1.54, 1.807) is 0 Å². The lowest BCUT2D eigenvalue weighted by molar-refractivity contribution is -0.0934. The first-order chi connectivity index (χ1) is 30.7. The molecule has 2 aromatic heterocycles. The zero-order chi connectivity index (χ0) is 43.1. The normalized spacial score (nSPS) is 15.2. The van der Waals surface area contributed by atoms with Gasteiger partial charge < -0.3 is 18.9 Å². The van der Waals surface area contributed by atoms with Gasteiger partial charge in [-0.05, 0) is 137 Å². The predicted molar refractivity (Wildman–Crippen MR) is 255 cm³/mol. The van der Waals surface area contributed by atoms with Crippen LogP contribution in [-0.2, 0) is 22.3 Å². The van der Waals surface area contributed by atoms with Gasteiger partial charge in [-0.25, -0.2) is 19.9 Å². The molecule has 1 aliphatic rings. The average molecular weight is 849 g/mol. The number of ether oxygens (including phenoxy) is 4. The fraction of sp³-hybridized carbons (Fsp3) is 0.630. The minimum absolute atomic E-state index is 0.240. The molecule has 1 saturated carbocycles. The van der Waals surface area contributed by atoms with Crippen LogP contribution in [0.1, 0.15) is 179 Å². The Hall–Kier alpha value is -3.88. The topological polar surface area (TPSA) is 88.5 Å². The Balaban J connectivity index is 0.837. The van der Waals surface area contributed by atoms with E-state index in [2.05, 4.69) is 58.0 Å². The van der Waals surface area contributed by atoms with Crippen LogP contribution in [0.3, 0.4) is 0 Å². The summed E-state index contributed by atoms with van der Waals surface area (Å²) in [6.07, 6.45) is 39.8. The fourth-order valence-corrected chi connectivity index (χ4v) is 8.29. The van der Waals surface area contributed by atoms with Crippen LogP contribution in [0.5, 0.6) is 11.5 Å². The Morgan fingerprint density at radius 1 is 0.403 bits per heavy atom. The second kappa shape index (κ2) is 31.0. The van der Waals surface area contributed by atoms with Gasteiger partial charge in [0.2, 0.25) is 0 Å². The van der Waals surface area contributed by atoms with Crippen LogP contribution in [-0.4, -0.2) is 58.6 Å². The van der Waals surface area contributed by atoms with Crippen LogP contribution < -0.4 is 9.47 Å². The van der Waals surface area contributed by atoms with Gasteiger partial charge in [0.15, 0.2) is 11.6 Å². The lowest BCUT2D eigenvalue weighted by Crippen LogP contribution is -2.35. The third-order valence-corrected chi connectivity index (χ3v) is 12.2. The highest BCUT2D eigenvalue weighted by Crippen LogP contribution is 2.26. The summed E-state index contributed by atoms with van der Waals surface area (Å²) in [6.45, 7) is 7.62. The zero-order valence-corrected chi connectivity index (χ0v) is 38.7. The van der Waals surface area contributed by atoms with Crippen molar-refractivity contribution >= 4 is 0 Å². The van der Waals surface area contributed by atoms with E-state index >= 15 is 0 Å². The molecular weight excluding hydrogens is 769 g/mol. The minimum atomic E-state index is 0.240. The van der Waals surface area contributed by atoms with Crippen molar-refractivity contribution in [3.05, 3.63) is 84.4 Å². The average Bonchev–Trinajstić information content (AvgIpc) is 3.31. The molecule has 2 aromatic carbocycles. The van der Waals surface area contributed by atoms with Gasteiger partial charge in [0.25, 0.3) is 0 Å². The highest BCUT2D eigenvalue weighted by atomic mass is 16.5. The van der Waals surface area contributed by atoms with Crippen molar-refractivity contribution < 1.29 is 18.9 Å². The number of nitrogens with zero attached hydrogens (tertiary/aromatic N) is 4.